The predicted molar refractivity (Wildman–Crippen MR) is 90.3 cm³/mol. The Hall–Kier alpha value is -1.11. The average Bonchev–Trinajstić information content (AvgIpc) is 2.78. The van der Waals surface area contributed by atoms with Gasteiger partial charge in [-0.05, 0) is 67.6 Å². The minimum absolute atomic E-state index is 0.0105. The van der Waals surface area contributed by atoms with Gasteiger partial charge in [0.2, 0.25) is 5.91 Å². The first-order chi connectivity index (χ1) is 9.95. The van der Waals surface area contributed by atoms with Crippen LogP contribution >= 0.6 is 15.9 Å². The van der Waals surface area contributed by atoms with Crippen LogP contribution in [0.25, 0.3) is 0 Å². The third-order valence-corrected chi connectivity index (χ3v) is 4.53. The number of benzene rings is 1. The second-order valence-electron chi connectivity index (χ2n) is 5.76. The summed E-state index contributed by atoms with van der Waals surface area (Å²) in [5, 5.41) is 2.91. The monoisotopic (exact) mass is 354 g/mol. The summed E-state index contributed by atoms with van der Waals surface area (Å²) in [6, 6.07) is 5.93. The normalized spacial score (nSPS) is 19.1. The maximum atomic E-state index is 12.1. The van der Waals surface area contributed by atoms with E-state index >= 15 is 0 Å². The summed E-state index contributed by atoms with van der Waals surface area (Å²) < 4.78 is 0.800. The zero-order valence-corrected chi connectivity index (χ0v) is 14.2. The van der Waals surface area contributed by atoms with Crippen molar-refractivity contribution in [3.05, 3.63) is 22.7 Å². The maximum Gasteiger partial charge on any atom is 0.238 e. The Morgan fingerprint density at radius 1 is 1.57 bits per heavy atom. The number of amides is 1. The molecule has 3 N–H and O–H groups in total. The predicted octanol–water partition coefficient (Wildman–Crippen LogP) is 2.00. The number of likely N-dealkylation sites (tertiary alicyclic amines) is 1. The van der Waals surface area contributed by atoms with E-state index in [0.717, 1.165) is 23.2 Å². The Labute approximate surface area is 134 Å². The molecule has 0 aromatic heterocycles. The number of nitrogens with one attached hydrogen (secondary N) is 1. The van der Waals surface area contributed by atoms with Crippen molar-refractivity contribution in [1.82, 2.24) is 9.80 Å². The number of nitrogens with zero attached hydrogens (tertiary/aromatic N) is 2. The van der Waals surface area contributed by atoms with Gasteiger partial charge in [0.05, 0.1) is 12.2 Å². The van der Waals surface area contributed by atoms with E-state index < -0.39 is 0 Å². The molecular formula is C15H23BrN4O. The Bertz CT molecular complexity index is 508. The van der Waals surface area contributed by atoms with Crippen LogP contribution in [0.1, 0.15) is 12.8 Å². The largest absolute Gasteiger partial charge is 0.399 e. The third kappa shape index (κ3) is 4.69. The average molecular weight is 355 g/mol. The van der Waals surface area contributed by atoms with Crippen molar-refractivity contribution in [2.45, 2.75) is 18.9 Å². The van der Waals surface area contributed by atoms with Crippen molar-refractivity contribution in [3.63, 3.8) is 0 Å². The van der Waals surface area contributed by atoms with E-state index in [1.165, 1.54) is 12.8 Å². The number of likely N-dealkylation sites (N-methyl/N-ethyl adjacent to an activating group) is 2. The molecule has 1 saturated heterocycles. The van der Waals surface area contributed by atoms with E-state index in [2.05, 4.69) is 38.1 Å². The van der Waals surface area contributed by atoms with Crippen molar-refractivity contribution in [1.29, 1.82) is 0 Å². The molecule has 1 aromatic carbocycles. The summed E-state index contributed by atoms with van der Waals surface area (Å²) in [4.78, 5) is 16.5. The fourth-order valence-electron chi connectivity index (χ4n) is 2.70. The van der Waals surface area contributed by atoms with Crippen LogP contribution < -0.4 is 11.1 Å². The van der Waals surface area contributed by atoms with Crippen LogP contribution in [-0.2, 0) is 4.79 Å². The molecule has 1 aliphatic rings. The van der Waals surface area contributed by atoms with Gasteiger partial charge < -0.3 is 16.0 Å². The van der Waals surface area contributed by atoms with E-state index in [4.69, 9.17) is 5.73 Å². The van der Waals surface area contributed by atoms with Crippen LogP contribution in [0.4, 0.5) is 11.4 Å². The van der Waals surface area contributed by atoms with Gasteiger partial charge in [-0.25, -0.2) is 0 Å². The number of nitrogen functional groups attached to an aromatic ring is 1. The molecule has 0 spiro atoms. The number of anilines is 2. The first-order valence-corrected chi connectivity index (χ1v) is 7.98. The number of rotatable bonds is 5. The number of halogens is 1. The smallest absolute Gasteiger partial charge is 0.238 e. The van der Waals surface area contributed by atoms with E-state index in [1.807, 2.05) is 13.1 Å². The Balaban J connectivity index is 1.83. The maximum absolute atomic E-state index is 12.1. The van der Waals surface area contributed by atoms with E-state index in [1.54, 1.807) is 12.1 Å². The van der Waals surface area contributed by atoms with Crippen LogP contribution in [0.5, 0.6) is 0 Å². The van der Waals surface area contributed by atoms with Gasteiger partial charge in [-0.2, -0.15) is 0 Å². The van der Waals surface area contributed by atoms with Gasteiger partial charge in [0.25, 0.3) is 0 Å². The van der Waals surface area contributed by atoms with Gasteiger partial charge in [0.15, 0.2) is 0 Å². The molecule has 0 radical (unpaired) electrons. The zero-order valence-electron chi connectivity index (χ0n) is 12.6. The van der Waals surface area contributed by atoms with Gasteiger partial charge >= 0.3 is 0 Å². The molecule has 0 bridgehead atoms. The quantitative estimate of drug-likeness (QED) is 0.793. The number of hydrogen-bond donors (Lipinski definition) is 2. The molecule has 1 unspecified atom stereocenters. The van der Waals surface area contributed by atoms with Crippen molar-refractivity contribution >= 4 is 33.2 Å². The lowest BCUT2D eigenvalue weighted by atomic mass is 10.2. The van der Waals surface area contributed by atoms with Crippen molar-refractivity contribution < 1.29 is 4.79 Å². The Morgan fingerprint density at radius 3 is 2.95 bits per heavy atom. The first kappa shape index (κ1) is 16.3. The van der Waals surface area contributed by atoms with E-state index in [-0.39, 0.29) is 5.91 Å². The standard InChI is InChI=1S/C15H23BrN4O/c1-19(9-12-4-3-7-20(12)2)10-15(21)18-14-6-5-11(17)8-13(14)16/h5-6,8,12H,3-4,7,9-10,17H2,1-2H3,(H,18,21). The molecule has 1 heterocycles. The fourth-order valence-corrected chi connectivity index (χ4v) is 3.20. The molecule has 1 aromatic rings. The van der Waals surface area contributed by atoms with Gasteiger partial charge in [-0.15, -0.1) is 0 Å². The van der Waals surface area contributed by atoms with E-state index in [9.17, 15) is 4.79 Å². The summed E-state index contributed by atoms with van der Waals surface area (Å²) in [6.07, 6.45) is 2.46. The molecule has 116 valence electrons. The minimum atomic E-state index is -0.0105. The van der Waals surface area contributed by atoms with Crippen LogP contribution in [0.2, 0.25) is 0 Å². The fraction of sp³-hybridized carbons (Fsp3) is 0.533. The lowest BCUT2D eigenvalue weighted by Crippen LogP contribution is -2.40. The lowest BCUT2D eigenvalue weighted by Gasteiger charge is -2.25. The SMILES string of the molecule is CN(CC(=O)Nc1ccc(N)cc1Br)CC1CCCN1C. The van der Waals surface area contributed by atoms with Crippen molar-refractivity contribution in [2.75, 3.05) is 44.8 Å². The van der Waals surface area contributed by atoms with Crippen LogP contribution in [-0.4, -0.2) is 55.5 Å². The van der Waals surface area contributed by atoms with E-state index in [0.29, 0.717) is 18.3 Å². The molecule has 1 aliphatic heterocycles. The molecule has 2 rings (SSSR count). The molecule has 1 atom stereocenters. The Kier molecular flexibility index (Phi) is 5.61. The highest BCUT2D eigenvalue weighted by Gasteiger charge is 2.22. The molecule has 5 nitrogen and oxygen atoms in total. The molecule has 1 fully saturated rings. The molecule has 0 aliphatic carbocycles. The van der Waals surface area contributed by atoms with Crippen LogP contribution in [0.3, 0.4) is 0 Å². The molecule has 21 heavy (non-hydrogen) atoms. The molecule has 1 amide bonds. The minimum Gasteiger partial charge on any atom is -0.399 e. The Morgan fingerprint density at radius 2 is 2.33 bits per heavy atom. The number of hydrogen-bond acceptors (Lipinski definition) is 4. The van der Waals surface area contributed by atoms with Crippen molar-refractivity contribution in [3.8, 4) is 0 Å². The summed E-state index contributed by atoms with van der Waals surface area (Å²) in [5.74, 6) is -0.0105. The summed E-state index contributed by atoms with van der Waals surface area (Å²) in [5.41, 5.74) is 7.11. The van der Waals surface area contributed by atoms with Gasteiger partial charge in [0.1, 0.15) is 0 Å². The second kappa shape index (κ2) is 7.24. The third-order valence-electron chi connectivity index (χ3n) is 3.87. The first-order valence-electron chi connectivity index (χ1n) is 7.19. The summed E-state index contributed by atoms with van der Waals surface area (Å²) in [6.45, 7) is 2.47. The summed E-state index contributed by atoms with van der Waals surface area (Å²) >= 11 is 3.41. The highest BCUT2D eigenvalue weighted by Crippen LogP contribution is 2.24. The van der Waals surface area contributed by atoms with Gasteiger partial charge in [-0.3, -0.25) is 9.69 Å². The number of nitrogens with two attached hydrogens (primary N) is 1. The number of carbonyl (C=O) groups is 1. The number of carbonyl (C=O) groups excluding carboxylic acids is 1. The molecular weight excluding hydrogens is 332 g/mol. The van der Waals surface area contributed by atoms with Gasteiger partial charge in [-0.1, -0.05) is 0 Å². The van der Waals surface area contributed by atoms with Crippen molar-refractivity contribution in [2.24, 2.45) is 0 Å². The topological polar surface area (TPSA) is 61.6 Å². The highest BCUT2D eigenvalue weighted by atomic mass is 79.9. The highest BCUT2D eigenvalue weighted by molar-refractivity contribution is 9.10. The van der Waals surface area contributed by atoms with Crippen LogP contribution in [0, 0.1) is 0 Å². The zero-order chi connectivity index (χ0) is 15.4. The second-order valence-corrected chi connectivity index (χ2v) is 6.62. The van der Waals surface area contributed by atoms with Crippen LogP contribution in [0.15, 0.2) is 22.7 Å². The lowest BCUT2D eigenvalue weighted by molar-refractivity contribution is -0.117. The molecule has 0 saturated carbocycles. The summed E-state index contributed by atoms with van der Waals surface area (Å²) in [7, 11) is 4.14. The molecule has 6 heteroatoms. The van der Waals surface area contributed by atoms with Gasteiger partial charge in [0, 0.05) is 22.7 Å².